The number of nitrogens with zero attached hydrogens (tertiary/aromatic N) is 3. The Labute approximate surface area is 155 Å². The SMILES string of the molecule is COc1cc([N+](=O)[O-])ccc1NC(=S)NCCCn1cc(Cl)c(C)n1. The molecule has 2 aromatic rings. The minimum absolute atomic E-state index is 0.0468. The fourth-order valence-electron chi connectivity index (χ4n) is 2.11. The Balaban J connectivity index is 1.82. The quantitative estimate of drug-likeness (QED) is 0.328. The first-order valence-corrected chi connectivity index (χ1v) is 8.26. The highest BCUT2D eigenvalue weighted by Gasteiger charge is 2.12. The predicted molar refractivity (Wildman–Crippen MR) is 100 cm³/mol. The van der Waals surface area contributed by atoms with Crippen molar-refractivity contribution in [1.29, 1.82) is 0 Å². The number of thiocarbonyl (C=S) groups is 1. The van der Waals surface area contributed by atoms with Gasteiger partial charge < -0.3 is 15.4 Å². The molecule has 8 nitrogen and oxygen atoms in total. The van der Waals surface area contributed by atoms with Gasteiger partial charge in [-0.05, 0) is 31.6 Å². The van der Waals surface area contributed by atoms with E-state index >= 15 is 0 Å². The summed E-state index contributed by atoms with van der Waals surface area (Å²) >= 11 is 11.2. The minimum atomic E-state index is -0.480. The van der Waals surface area contributed by atoms with Crippen molar-refractivity contribution in [3.63, 3.8) is 0 Å². The molecule has 0 unspecified atom stereocenters. The van der Waals surface area contributed by atoms with Crippen molar-refractivity contribution in [2.24, 2.45) is 0 Å². The molecule has 1 aromatic carbocycles. The molecule has 134 valence electrons. The lowest BCUT2D eigenvalue weighted by Gasteiger charge is -2.13. The van der Waals surface area contributed by atoms with E-state index in [1.807, 2.05) is 6.92 Å². The van der Waals surface area contributed by atoms with Gasteiger partial charge in [-0.1, -0.05) is 11.6 Å². The molecular weight excluding hydrogens is 366 g/mol. The zero-order chi connectivity index (χ0) is 18.4. The average molecular weight is 384 g/mol. The minimum Gasteiger partial charge on any atom is -0.494 e. The van der Waals surface area contributed by atoms with Gasteiger partial charge >= 0.3 is 0 Å². The Hall–Kier alpha value is -2.39. The van der Waals surface area contributed by atoms with E-state index in [0.29, 0.717) is 34.7 Å². The van der Waals surface area contributed by atoms with Gasteiger partial charge in [0, 0.05) is 25.4 Å². The predicted octanol–water partition coefficient (Wildman–Crippen LogP) is 3.14. The molecule has 10 heteroatoms. The van der Waals surface area contributed by atoms with E-state index in [1.54, 1.807) is 16.9 Å². The maximum absolute atomic E-state index is 10.8. The molecule has 2 N–H and O–H groups in total. The fourth-order valence-corrected chi connectivity index (χ4v) is 2.48. The van der Waals surface area contributed by atoms with Gasteiger partial charge in [-0.3, -0.25) is 14.8 Å². The number of nitrogens with one attached hydrogen (secondary N) is 2. The number of hydrogen-bond acceptors (Lipinski definition) is 5. The second-order valence-corrected chi connectivity index (χ2v) is 6.02. The van der Waals surface area contributed by atoms with Gasteiger partial charge in [-0.25, -0.2) is 0 Å². The molecule has 0 aliphatic heterocycles. The third-order valence-corrected chi connectivity index (χ3v) is 4.00. The smallest absolute Gasteiger partial charge is 0.273 e. The standard InChI is InChI=1S/C15H18ClN5O3S/c1-10-12(16)9-20(19-10)7-3-6-17-15(25)18-13-5-4-11(21(22)23)8-14(13)24-2/h4-5,8-9H,3,6-7H2,1-2H3,(H2,17,18,25). The number of nitro benzene ring substituents is 1. The monoisotopic (exact) mass is 383 g/mol. The number of halogens is 1. The molecule has 0 aliphatic rings. The summed E-state index contributed by atoms with van der Waals surface area (Å²) in [5.74, 6) is 0.347. The molecule has 0 radical (unpaired) electrons. The second kappa shape index (κ2) is 8.63. The van der Waals surface area contributed by atoms with Crippen molar-refractivity contribution in [2.75, 3.05) is 19.0 Å². The van der Waals surface area contributed by atoms with E-state index in [-0.39, 0.29) is 5.69 Å². The van der Waals surface area contributed by atoms with E-state index in [4.69, 9.17) is 28.6 Å². The van der Waals surface area contributed by atoms with Crippen LogP contribution in [0.25, 0.3) is 0 Å². The van der Waals surface area contributed by atoms with Gasteiger partial charge in [0.25, 0.3) is 5.69 Å². The van der Waals surface area contributed by atoms with Crippen LogP contribution in [-0.2, 0) is 6.54 Å². The number of anilines is 1. The van der Waals surface area contributed by atoms with E-state index < -0.39 is 4.92 Å². The molecular formula is C15H18ClN5O3S. The Kier molecular flexibility index (Phi) is 6.54. The fraction of sp³-hybridized carbons (Fsp3) is 0.333. The summed E-state index contributed by atoms with van der Waals surface area (Å²) in [6.07, 6.45) is 2.59. The Morgan fingerprint density at radius 3 is 2.88 bits per heavy atom. The molecule has 0 saturated carbocycles. The van der Waals surface area contributed by atoms with Crippen molar-refractivity contribution in [3.05, 3.63) is 45.2 Å². The molecule has 0 aliphatic carbocycles. The number of methoxy groups -OCH3 is 1. The lowest BCUT2D eigenvalue weighted by atomic mass is 10.2. The number of nitro groups is 1. The first-order valence-electron chi connectivity index (χ1n) is 7.47. The van der Waals surface area contributed by atoms with Crippen LogP contribution in [0.3, 0.4) is 0 Å². The van der Waals surface area contributed by atoms with Crippen LogP contribution in [0.15, 0.2) is 24.4 Å². The van der Waals surface area contributed by atoms with Gasteiger partial charge in [-0.2, -0.15) is 5.10 Å². The maximum Gasteiger partial charge on any atom is 0.273 e. The summed E-state index contributed by atoms with van der Waals surface area (Å²) in [6, 6.07) is 4.28. The number of rotatable bonds is 7. The van der Waals surface area contributed by atoms with E-state index in [1.165, 1.54) is 19.2 Å². The molecule has 0 spiro atoms. The summed E-state index contributed by atoms with van der Waals surface area (Å²) in [5, 5.41) is 22.2. The average Bonchev–Trinajstić information content (AvgIpc) is 2.90. The van der Waals surface area contributed by atoms with Crippen molar-refractivity contribution < 1.29 is 9.66 Å². The van der Waals surface area contributed by atoms with Crippen LogP contribution in [0.5, 0.6) is 5.75 Å². The lowest BCUT2D eigenvalue weighted by Crippen LogP contribution is -2.30. The second-order valence-electron chi connectivity index (χ2n) is 5.20. The van der Waals surface area contributed by atoms with E-state index in [2.05, 4.69) is 15.7 Å². The number of aromatic nitrogens is 2. The maximum atomic E-state index is 10.8. The van der Waals surface area contributed by atoms with Gasteiger partial charge in [0.05, 0.1) is 34.5 Å². The lowest BCUT2D eigenvalue weighted by molar-refractivity contribution is -0.384. The molecule has 2 rings (SSSR count). The number of benzene rings is 1. The van der Waals surface area contributed by atoms with Crippen molar-refractivity contribution in [3.8, 4) is 5.75 Å². The summed E-state index contributed by atoms with van der Waals surface area (Å²) in [7, 11) is 1.44. The number of non-ortho nitro benzene ring substituents is 1. The van der Waals surface area contributed by atoms with Gasteiger partial charge in [-0.15, -0.1) is 0 Å². The van der Waals surface area contributed by atoms with Crippen molar-refractivity contribution in [2.45, 2.75) is 19.9 Å². The van der Waals surface area contributed by atoms with Crippen molar-refractivity contribution >= 4 is 40.3 Å². The molecule has 0 atom stereocenters. The van der Waals surface area contributed by atoms with Crippen LogP contribution in [0.2, 0.25) is 5.02 Å². The van der Waals surface area contributed by atoms with Crippen LogP contribution in [0.1, 0.15) is 12.1 Å². The van der Waals surface area contributed by atoms with Crippen LogP contribution in [-0.4, -0.2) is 33.5 Å². The third kappa shape index (κ3) is 5.30. The molecule has 1 aromatic heterocycles. The summed E-state index contributed by atoms with van der Waals surface area (Å²) in [4.78, 5) is 10.3. The van der Waals surface area contributed by atoms with Gasteiger partial charge in [0.1, 0.15) is 5.75 Å². The highest BCUT2D eigenvalue weighted by Crippen LogP contribution is 2.28. The summed E-state index contributed by atoms with van der Waals surface area (Å²) in [6.45, 7) is 3.20. The first-order chi connectivity index (χ1) is 11.9. The van der Waals surface area contributed by atoms with Crippen LogP contribution in [0, 0.1) is 17.0 Å². The van der Waals surface area contributed by atoms with Crippen LogP contribution < -0.4 is 15.4 Å². The molecule has 1 heterocycles. The zero-order valence-corrected chi connectivity index (χ0v) is 15.4. The molecule has 0 fully saturated rings. The van der Waals surface area contributed by atoms with E-state index in [9.17, 15) is 10.1 Å². The van der Waals surface area contributed by atoms with E-state index in [0.717, 1.165) is 12.1 Å². The molecule has 25 heavy (non-hydrogen) atoms. The Bertz CT molecular complexity index is 761. The zero-order valence-electron chi connectivity index (χ0n) is 13.8. The highest BCUT2D eigenvalue weighted by molar-refractivity contribution is 7.80. The summed E-state index contributed by atoms with van der Waals surface area (Å²) in [5.41, 5.74) is 1.31. The largest absolute Gasteiger partial charge is 0.494 e. The van der Waals surface area contributed by atoms with Gasteiger partial charge in [0.2, 0.25) is 0 Å². The first kappa shape index (κ1) is 18.9. The number of ether oxygens (including phenoxy) is 1. The topological polar surface area (TPSA) is 94.3 Å². The normalized spacial score (nSPS) is 10.4. The summed E-state index contributed by atoms with van der Waals surface area (Å²) < 4.78 is 6.94. The molecule has 0 amide bonds. The number of hydrogen-bond donors (Lipinski definition) is 2. The highest BCUT2D eigenvalue weighted by atomic mass is 35.5. The Morgan fingerprint density at radius 2 is 2.28 bits per heavy atom. The van der Waals surface area contributed by atoms with Crippen LogP contribution >= 0.6 is 23.8 Å². The number of aryl methyl sites for hydroxylation is 2. The Morgan fingerprint density at radius 1 is 1.52 bits per heavy atom. The molecule has 0 saturated heterocycles. The van der Waals surface area contributed by atoms with Gasteiger partial charge in [0.15, 0.2) is 5.11 Å². The van der Waals surface area contributed by atoms with Crippen molar-refractivity contribution in [1.82, 2.24) is 15.1 Å². The third-order valence-electron chi connectivity index (χ3n) is 3.38. The molecule has 0 bridgehead atoms. The van der Waals surface area contributed by atoms with Crippen LogP contribution in [0.4, 0.5) is 11.4 Å².